The van der Waals surface area contributed by atoms with Crippen LogP contribution in [0.3, 0.4) is 0 Å². The standard InChI is InChI=1S/C24H21ClN4O2/c25-18-2-1-3-20(15-18)29-12-10-28(11-13-29)19-7-4-16(5-8-19)23-26-21-9-6-17(24(30)31)14-22(21)27-23/h1-9,14-15H,10-13H2,(H,26,27)(H,30,31). The predicted molar refractivity (Wildman–Crippen MR) is 124 cm³/mol. The molecule has 0 aliphatic carbocycles. The summed E-state index contributed by atoms with van der Waals surface area (Å²) in [4.78, 5) is 23.7. The molecule has 2 N–H and O–H groups in total. The number of nitrogens with zero attached hydrogens (tertiary/aromatic N) is 3. The molecule has 0 saturated carbocycles. The SMILES string of the molecule is O=C(O)c1ccc2nc(-c3ccc(N4CCN(c5cccc(Cl)c5)CC4)cc3)[nH]c2c1. The fraction of sp³-hybridized carbons (Fsp3) is 0.167. The van der Waals surface area contributed by atoms with Gasteiger partial charge in [-0.2, -0.15) is 0 Å². The minimum absolute atomic E-state index is 0.245. The van der Waals surface area contributed by atoms with E-state index in [0.717, 1.165) is 53.6 Å². The molecule has 6 nitrogen and oxygen atoms in total. The summed E-state index contributed by atoms with van der Waals surface area (Å²) in [7, 11) is 0. The number of piperazine rings is 1. The first kappa shape index (κ1) is 19.5. The summed E-state index contributed by atoms with van der Waals surface area (Å²) in [6, 6.07) is 21.2. The maximum atomic E-state index is 11.2. The number of imidazole rings is 1. The molecule has 2 heterocycles. The molecule has 7 heteroatoms. The van der Waals surface area contributed by atoms with Gasteiger partial charge in [0.25, 0.3) is 0 Å². The number of benzene rings is 3. The number of carboxylic acid groups (broad SMARTS) is 1. The minimum Gasteiger partial charge on any atom is -0.478 e. The lowest BCUT2D eigenvalue weighted by Crippen LogP contribution is -2.46. The smallest absolute Gasteiger partial charge is 0.335 e. The predicted octanol–water partition coefficient (Wildman–Crippen LogP) is 4.91. The fourth-order valence-corrected chi connectivity index (χ4v) is 4.19. The van der Waals surface area contributed by atoms with Crippen LogP contribution in [0.5, 0.6) is 0 Å². The molecule has 31 heavy (non-hydrogen) atoms. The van der Waals surface area contributed by atoms with Crippen molar-refractivity contribution in [2.45, 2.75) is 0 Å². The van der Waals surface area contributed by atoms with E-state index in [1.165, 1.54) is 11.4 Å². The van der Waals surface area contributed by atoms with E-state index in [9.17, 15) is 4.79 Å². The number of rotatable bonds is 4. The molecular formula is C24H21ClN4O2. The van der Waals surface area contributed by atoms with Gasteiger partial charge in [-0.05, 0) is 60.7 Å². The van der Waals surface area contributed by atoms with Crippen LogP contribution < -0.4 is 9.80 Å². The summed E-state index contributed by atoms with van der Waals surface area (Å²) in [5.74, 6) is -0.215. The highest BCUT2D eigenvalue weighted by atomic mass is 35.5. The first-order chi connectivity index (χ1) is 15.1. The third-order valence-corrected chi connectivity index (χ3v) is 5.92. The first-order valence-corrected chi connectivity index (χ1v) is 10.5. The Balaban J connectivity index is 1.29. The van der Waals surface area contributed by atoms with Crippen LogP contribution in [-0.4, -0.2) is 47.2 Å². The van der Waals surface area contributed by atoms with Crippen LogP contribution in [0.15, 0.2) is 66.7 Å². The molecule has 0 amide bonds. The normalized spacial score (nSPS) is 14.2. The van der Waals surface area contributed by atoms with Crippen molar-refractivity contribution in [3.05, 3.63) is 77.3 Å². The number of halogens is 1. The number of aromatic amines is 1. The Morgan fingerprint density at radius 3 is 2.29 bits per heavy atom. The summed E-state index contributed by atoms with van der Waals surface area (Å²) in [6.07, 6.45) is 0. The Morgan fingerprint density at radius 1 is 0.903 bits per heavy atom. The molecule has 1 aliphatic heterocycles. The van der Waals surface area contributed by atoms with Gasteiger partial charge < -0.3 is 19.9 Å². The molecule has 3 aromatic carbocycles. The van der Waals surface area contributed by atoms with Crippen molar-refractivity contribution in [3.8, 4) is 11.4 Å². The number of fused-ring (bicyclic) bond motifs is 1. The van der Waals surface area contributed by atoms with Crippen LogP contribution in [0.2, 0.25) is 5.02 Å². The summed E-state index contributed by atoms with van der Waals surface area (Å²) in [5, 5.41) is 9.93. The number of anilines is 2. The number of carbonyl (C=O) groups is 1. The maximum Gasteiger partial charge on any atom is 0.335 e. The van der Waals surface area contributed by atoms with Gasteiger partial charge in [-0.15, -0.1) is 0 Å². The number of carboxylic acids is 1. The molecule has 1 saturated heterocycles. The average Bonchev–Trinajstić information content (AvgIpc) is 3.23. The molecule has 0 atom stereocenters. The van der Waals surface area contributed by atoms with Gasteiger partial charge in [0, 0.05) is 48.1 Å². The van der Waals surface area contributed by atoms with Crippen LogP contribution >= 0.6 is 11.6 Å². The zero-order valence-corrected chi connectivity index (χ0v) is 17.5. The van der Waals surface area contributed by atoms with E-state index in [-0.39, 0.29) is 5.56 Å². The van der Waals surface area contributed by atoms with Crippen molar-refractivity contribution in [3.63, 3.8) is 0 Å². The molecule has 0 bridgehead atoms. The number of aromatic carboxylic acids is 1. The molecule has 0 spiro atoms. The number of hydrogen-bond donors (Lipinski definition) is 2. The monoisotopic (exact) mass is 432 g/mol. The van der Waals surface area contributed by atoms with Gasteiger partial charge in [0.2, 0.25) is 0 Å². The Bertz CT molecular complexity index is 1240. The van der Waals surface area contributed by atoms with E-state index in [2.05, 4.69) is 50.1 Å². The molecule has 1 aliphatic rings. The lowest BCUT2D eigenvalue weighted by atomic mass is 10.1. The largest absolute Gasteiger partial charge is 0.478 e. The van der Waals surface area contributed by atoms with E-state index in [1.807, 2.05) is 18.2 Å². The van der Waals surface area contributed by atoms with Crippen molar-refractivity contribution in [1.82, 2.24) is 9.97 Å². The van der Waals surface area contributed by atoms with Crippen molar-refractivity contribution in [2.24, 2.45) is 0 Å². The van der Waals surface area contributed by atoms with Crippen LogP contribution in [0.1, 0.15) is 10.4 Å². The van der Waals surface area contributed by atoms with Crippen LogP contribution in [0.25, 0.3) is 22.4 Å². The zero-order chi connectivity index (χ0) is 21.4. The van der Waals surface area contributed by atoms with Gasteiger partial charge in [-0.1, -0.05) is 17.7 Å². The van der Waals surface area contributed by atoms with Gasteiger partial charge >= 0.3 is 5.97 Å². The molecule has 1 aromatic heterocycles. The second-order valence-electron chi connectivity index (χ2n) is 7.62. The van der Waals surface area contributed by atoms with Crippen LogP contribution in [0, 0.1) is 0 Å². The minimum atomic E-state index is -0.946. The second-order valence-corrected chi connectivity index (χ2v) is 8.06. The van der Waals surface area contributed by atoms with E-state index in [0.29, 0.717) is 0 Å². The van der Waals surface area contributed by atoms with Gasteiger partial charge in [-0.3, -0.25) is 0 Å². The van der Waals surface area contributed by atoms with Crippen molar-refractivity contribution in [2.75, 3.05) is 36.0 Å². The van der Waals surface area contributed by atoms with E-state index in [4.69, 9.17) is 16.7 Å². The highest BCUT2D eigenvalue weighted by molar-refractivity contribution is 6.30. The molecule has 5 rings (SSSR count). The molecular weight excluding hydrogens is 412 g/mol. The molecule has 156 valence electrons. The number of H-pyrrole nitrogens is 1. The third kappa shape index (κ3) is 3.94. The Hall–Kier alpha value is -3.51. The first-order valence-electron chi connectivity index (χ1n) is 10.2. The van der Waals surface area contributed by atoms with E-state index in [1.54, 1.807) is 18.2 Å². The van der Waals surface area contributed by atoms with Gasteiger partial charge in [-0.25, -0.2) is 9.78 Å². The lowest BCUT2D eigenvalue weighted by molar-refractivity contribution is 0.0697. The quantitative estimate of drug-likeness (QED) is 0.479. The van der Waals surface area contributed by atoms with Crippen LogP contribution in [-0.2, 0) is 0 Å². The third-order valence-electron chi connectivity index (χ3n) is 5.69. The molecule has 1 fully saturated rings. The van der Waals surface area contributed by atoms with Gasteiger partial charge in [0.1, 0.15) is 5.82 Å². The van der Waals surface area contributed by atoms with Gasteiger partial charge in [0.05, 0.1) is 16.6 Å². The number of hydrogen-bond acceptors (Lipinski definition) is 4. The maximum absolute atomic E-state index is 11.2. The Kier molecular flexibility index (Phi) is 5.00. The summed E-state index contributed by atoms with van der Waals surface area (Å²) < 4.78 is 0. The topological polar surface area (TPSA) is 72.5 Å². The second kappa shape index (κ2) is 7.96. The average molecular weight is 433 g/mol. The van der Waals surface area contributed by atoms with Gasteiger partial charge in [0.15, 0.2) is 0 Å². The lowest BCUT2D eigenvalue weighted by Gasteiger charge is -2.37. The zero-order valence-electron chi connectivity index (χ0n) is 16.8. The molecule has 0 unspecified atom stereocenters. The highest BCUT2D eigenvalue weighted by Crippen LogP contribution is 2.26. The Labute approximate surface area is 184 Å². The molecule has 4 aromatic rings. The highest BCUT2D eigenvalue weighted by Gasteiger charge is 2.18. The van der Waals surface area contributed by atoms with E-state index < -0.39 is 5.97 Å². The van der Waals surface area contributed by atoms with Crippen molar-refractivity contribution >= 4 is 40.0 Å². The van der Waals surface area contributed by atoms with Crippen molar-refractivity contribution < 1.29 is 9.90 Å². The summed E-state index contributed by atoms with van der Waals surface area (Å²) in [5.41, 5.74) is 5.03. The Morgan fingerprint density at radius 2 is 1.61 bits per heavy atom. The fourth-order valence-electron chi connectivity index (χ4n) is 4.01. The van der Waals surface area contributed by atoms with E-state index >= 15 is 0 Å². The molecule has 0 radical (unpaired) electrons. The number of nitrogens with one attached hydrogen (secondary N) is 1. The van der Waals surface area contributed by atoms with Crippen LogP contribution in [0.4, 0.5) is 11.4 Å². The summed E-state index contributed by atoms with van der Waals surface area (Å²) in [6.45, 7) is 3.76. The van der Waals surface area contributed by atoms with Crippen molar-refractivity contribution in [1.29, 1.82) is 0 Å². The summed E-state index contributed by atoms with van der Waals surface area (Å²) >= 11 is 6.13. The number of aromatic nitrogens is 2.